The van der Waals surface area contributed by atoms with E-state index in [0.717, 1.165) is 31.8 Å². The number of aromatic nitrogens is 2. The number of anilines is 1. The molecule has 3 N–H and O–H groups in total. The van der Waals surface area contributed by atoms with E-state index < -0.39 is 41.1 Å². The molecule has 29 heavy (non-hydrogen) atoms. The van der Waals surface area contributed by atoms with Crippen LogP contribution in [0.25, 0.3) is 0 Å². The third-order valence-electron chi connectivity index (χ3n) is 3.57. The molecule has 0 amide bonds. The highest BCUT2D eigenvalue weighted by atomic mass is 32.2. The summed E-state index contributed by atoms with van der Waals surface area (Å²) in [6, 6.07) is 0. The molecule has 0 aliphatic rings. The Balaban J connectivity index is 2.11. The fourth-order valence-corrected chi connectivity index (χ4v) is 4.12. The van der Waals surface area contributed by atoms with Crippen molar-refractivity contribution < 1.29 is 37.0 Å². The van der Waals surface area contributed by atoms with E-state index in [2.05, 4.69) is 19.3 Å². The number of aryl methyl sites for hydroxylation is 1. The van der Waals surface area contributed by atoms with Crippen LogP contribution in [0.3, 0.4) is 0 Å². The number of carbonyl (C=O) groups is 3. The fraction of sp³-hybridized carbons (Fsp3) is 0.333. The molecule has 0 aromatic carbocycles. The van der Waals surface area contributed by atoms with Crippen LogP contribution in [0, 0.1) is 0 Å². The highest BCUT2D eigenvalue weighted by Gasteiger charge is 2.28. The number of esters is 3. The average molecular weight is 446 g/mol. The monoisotopic (exact) mass is 446 g/mol. The zero-order valence-corrected chi connectivity index (χ0v) is 17.3. The first-order valence-corrected chi connectivity index (χ1v) is 10.1. The minimum atomic E-state index is -3.96. The lowest BCUT2D eigenvalue weighted by Crippen LogP contribution is -2.30. The quantitative estimate of drug-likeness (QED) is 0.404. The molecule has 0 bridgehead atoms. The van der Waals surface area contributed by atoms with Crippen LogP contribution in [0.15, 0.2) is 17.3 Å². The molecule has 0 aliphatic carbocycles. The Bertz CT molecular complexity index is 1040. The van der Waals surface area contributed by atoms with Crippen LogP contribution >= 0.6 is 11.3 Å². The van der Waals surface area contributed by atoms with Crippen LogP contribution in [0.1, 0.15) is 25.6 Å². The standard InChI is InChI=1S/C15H18N4O8S2/c1-19-6-8(4-17-19)29(23,24)18-5-10(20)27-7-9-11(14(21)25-2)13(16)28-12(9)15(22)26-3/h4,6,18H,5,7,16H2,1-3H3. The van der Waals surface area contributed by atoms with Crippen molar-refractivity contribution in [1.29, 1.82) is 0 Å². The Morgan fingerprint density at radius 3 is 2.45 bits per heavy atom. The fourth-order valence-electron chi connectivity index (χ4n) is 2.18. The second-order valence-corrected chi connectivity index (χ2v) is 8.29. The lowest BCUT2D eigenvalue weighted by molar-refractivity contribution is -0.143. The summed E-state index contributed by atoms with van der Waals surface area (Å²) in [5.74, 6) is -2.55. The highest BCUT2D eigenvalue weighted by molar-refractivity contribution is 7.89. The van der Waals surface area contributed by atoms with E-state index in [4.69, 9.17) is 10.5 Å². The second-order valence-electron chi connectivity index (χ2n) is 5.47. The van der Waals surface area contributed by atoms with Gasteiger partial charge in [-0.3, -0.25) is 9.48 Å². The molecule has 2 heterocycles. The maximum Gasteiger partial charge on any atom is 0.348 e. The van der Waals surface area contributed by atoms with Gasteiger partial charge < -0.3 is 19.9 Å². The summed E-state index contributed by atoms with van der Waals surface area (Å²) < 4.78 is 41.8. The molecule has 158 valence electrons. The summed E-state index contributed by atoms with van der Waals surface area (Å²) in [6.45, 7) is -1.20. The van der Waals surface area contributed by atoms with Gasteiger partial charge in [-0.25, -0.2) is 18.0 Å². The van der Waals surface area contributed by atoms with Crippen molar-refractivity contribution in [1.82, 2.24) is 14.5 Å². The van der Waals surface area contributed by atoms with Crippen LogP contribution < -0.4 is 10.5 Å². The van der Waals surface area contributed by atoms with Crippen molar-refractivity contribution in [2.75, 3.05) is 26.5 Å². The van der Waals surface area contributed by atoms with E-state index >= 15 is 0 Å². The van der Waals surface area contributed by atoms with Crippen LogP contribution in [0.2, 0.25) is 0 Å². The van der Waals surface area contributed by atoms with Crippen molar-refractivity contribution in [2.24, 2.45) is 7.05 Å². The zero-order valence-electron chi connectivity index (χ0n) is 15.6. The van der Waals surface area contributed by atoms with Crippen LogP contribution in [-0.2, 0) is 42.7 Å². The van der Waals surface area contributed by atoms with Gasteiger partial charge in [-0.05, 0) is 0 Å². The van der Waals surface area contributed by atoms with Crippen LogP contribution in [0.4, 0.5) is 5.00 Å². The van der Waals surface area contributed by atoms with E-state index in [-0.39, 0.29) is 25.9 Å². The van der Waals surface area contributed by atoms with Crippen LogP contribution in [-0.4, -0.2) is 56.9 Å². The molecular formula is C15H18N4O8S2. The molecule has 14 heteroatoms. The molecule has 0 spiro atoms. The number of nitrogens with two attached hydrogens (primary N) is 1. The number of carbonyl (C=O) groups excluding carboxylic acids is 3. The van der Waals surface area contributed by atoms with Gasteiger partial charge in [-0.1, -0.05) is 0 Å². The number of nitrogens with zero attached hydrogens (tertiary/aromatic N) is 2. The SMILES string of the molecule is COC(=O)c1sc(N)c(C(=O)OC)c1COC(=O)CNS(=O)(=O)c1cnn(C)c1. The first-order valence-electron chi connectivity index (χ1n) is 7.82. The highest BCUT2D eigenvalue weighted by Crippen LogP contribution is 2.33. The third kappa shape index (κ3) is 5.10. The molecule has 0 radical (unpaired) electrons. The largest absolute Gasteiger partial charge is 0.465 e. The maximum atomic E-state index is 12.1. The number of hydrogen-bond acceptors (Lipinski definition) is 11. The number of methoxy groups -OCH3 is 2. The summed E-state index contributed by atoms with van der Waals surface area (Å²) in [7, 11) is -0.162. The summed E-state index contributed by atoms with van der Waals surface area (Å²) in [5, 5.41) is 3.73. The van der Waals surface area contributed by atoms with Gasteiger partial charge >= 0.3 is 17.9 Å². The lowest BCUT2D eigenvalue weighted by Gasteiger charge is -2.08. The zero-order chi connectivity index (χ0) is 21.8. The third-order valence-corrected chi connectivity index (χ3v) is 5.97. The average Bonchev–Trinajstić information content (AvgIpc) is 3.27. The molecule has 2 rings (SSSR count). The number of sulfonamides is 1. The van der Waals surface area contributed by atoms with E-state index in [0.29, 0.717) is 0 Å². The smallest absolute Gasteiger partial charge is 0.348 e. The molecule has 0 fully saturated rings. The molecule has 2 aromatic heterocycles. The molecule has 0 unspecified atom stereocenters. The number of hydrogen-bond donors (Lipinski definition) is 2. The number of rotatable bonds is 8. The molecule has 0 saturated heterocycles. The lowest BCUT2D eigenvalue weighted by atomic mass is 10.1. The van der Waals surface area contributed by atoms with Crippen molar-refractivity contribution in [3.05, 3.63) is 28.4 Å². The maximum absolute atomic E-state index is 12.1. The van der Waals surface area contributed by atoms with Gasteiger partial charge in [0.25, 0.3) is 0 Å². The summed E-state index contributed by atoms with van der Waals surface area (Å²) in [5.41, 5.74) is 5.66. The van der Waals surface area contributed by atoms with E-state index in [1.165, 1.54) is 17.9 Å². The predicted molar refractivity (Wildman–Crippen MR) is 99.6 cm³/mol. The molecule has 0 aliphatic heterocycles. The van der Waals surface area contributed by atoms with Gasteiger partial charge in [-0.2, -0.15) is 9.82 Å². The Hall–Kier alpha value is -2.97. The Labute approximate surface area is 169 Å². The Morgan fingerprint density at radius 2 is 1.90 bits per heavy atom. The number of ether oxygens (including phenoxy) is 3. The van der Waals surface area contributed by atoms with E-state index in [9.17, 15) is 22.8 Å². The topological polar surface area (TPSA) is 169 Å². The molecule has 2 aromatic rings. The van der Waals surface area contributed by atoms with E-state index in [1.807, 2.05) is 0 Å². The van der Waals surface area contributed by atoms with E-state index in [1.54, 1.807) is 0 Å². The van der Waals surface area contributed by atoms with Crippen molar-refractivity contribution in [3.63, 3.8) is 0 Å². The minimum absolute atomic E-state index is 0.00895. The first-order chi connectivity index (χ1) is 13.6. The normalized spacial score (nSPS) is 11.1. The summed E-state index contributed by atoms with van der Waals surface area (Å²) >= 11 is 0.777. The molecular weight excluding hydrogens is 428 g/mol. The minimum Gasteiger partial charge on any atom is -0.465 e. The molecule has 0 saturated carbocycles. The number of nitrogen functional groups attached to an aromatic ring is 1. The van der Waals surface area contributed by atoms with Crippen molar-refractivity contribution in [3.8, 4) is 0 Å². The van der Waals surface area contributed by atoms with Crippen molar-refractivity contribution >= 4 is 44.3 Å². The van der Waals surface area contributed by atoms with Gasteiger partial charge in [0.15, 0.2) is 0 Å². The number of thiophene rings is 1. The van der Waals surface area contributed by atoms with Gasteiger partial charge in [-0.15, -0.1) is 11.3 Å². The van der Waals surface area contributed by atoms with Gasteiger partial charge in [0, 0.05) is 18.8 Å². The Kier molecular flexibility index (Phi) is 6.94. The van der Waals surface area contributed by atoms with Gasteiger partial charge in [0.2, 0.25) is 10.0 Å². The van der Waals surface area contributed by atoms with Gasteiger partial charge in [0.05, 0.1) is 20.4 Å². The number of nitrogens with one attached hydrogen (secondary N) is 1. The Morgan fingerprint density at radius 1 is 1.24 bits per heavy atom. The first kappa shape index (κ1) is 22.3. The molecule has 12 nitrogen and oxygen atoms in total. The molecule has 0 atom stereocenters. The van der Waals surface area contributed by atoms with Crippen LogP contribution in [0.5, 0.6) is 0 Å². The van der Waals surface area contributed by atoms with Crippen molar-refractivity contribution in [2.45, 2.75) is 11.5 Å². The summed E-state index contributed by atoms with van der Waals surface area (Å²) in [4.78, 5) is 35.7. The second kappa shape index (κ2) is 9.02. The van der Waals surface area contributed by atoms with Gasteiger partial charge in [0.1, 0.15) is 33.5 Å². The predicted octanol–water partition coefficient (Wildman–Crippen LogP) is -0.341. The summed E-state index contributed by atoms with van der Waals surface area (Å²) in [6.07, 6.45) is 2.38.